The van der Waals surface area contributed by atoms with Crippen molar-refractivity contribution in [1.29, 1.82) is 0 Å². The lowest BCUT2D eigenvalue weighted by Crippen LogP contribution is -2.28. The Balaban J connectivity index is 1.83. The fraction of sp³-hybridized carbons (Fsp3) is 0.600. The lowest BCUT2D eigenvalue weighted by atomic mass is 9.93. The molecule has 2 rings (SSSR count). The SMILES string of the molecule is OC1CCC(Nc2ccc[nH]2)CC1. The molecule has 0 radical (unpaired) electrons. The Morgan fingerprint density at radius 3 is 2.69 bits per heavy atom. The summed E-state index contributed by atoms with van der Waals surface area (Å²) in [4.78, 5) is 3.12. The molecule has 1 aromatic rings. The number of hydrogen-bond donors (Lipinski definition) is 3. The Hall–Kier alpha value is -0.960. The molecule has 0 aliphatic heterocycles. The fourth-order valence-electron chi connectivity index (χ4n) is 1.86. The minimum Gasteiger partial charge on any atom is -0.393 e. The molecular weight excluding hydrogens is 164 g/mol. The normalized spacial score (nSPS) is 28.7. The van der Waals surface area contributed by atoms with E-state index in [0.717, 1.165) is 31.5 Å². The zero-order valence-electron chi connectivity index (χ0n) is 7.66. The van der Waals surface area contributed by atoms with Gasteiger partial charge in [0.25, 0.3) is 0 Å². The van der Waals surface area contributed by atoms with Gasteiger partial charge in [-0.2, -0.15) is 0 Å². The highest BCUT2D eigenvalue weighted by Crippen LogP contribution is 2.21. The van der Waals surface area contributed by atoms with Crippen LogP contribution < -0.4 is 5.32 Å². The molecule has 0 atom stereocenters. The van der Waals surface area contributed by atoms with Gasteiger partial charge in [-0.3, -0.25) is 0 Å². The van der Waals surface area contributed by atoms with E-state index in [2.05, 4.69) is 10.3 Å². The number of hydrogen-bond acceptors (Lipinski definition) is 2. The molecular formula is C10H16N2O. The summed E-state index contributed by atoms with van der Waals surface area (Å²) in [6.45, 7) is 0. The second kappa shape index (κ2) is 3.83. The highest BCUT2D eigenvalue weighted by atomic mass is 16.3. The van der Waals surface area contributed by atoms with Crippen molar-refractivity contribution in [3.8, 4) is 0 Å². The summed E-state index contributed by atoms with van der Waals surface area (Å²) >= 11 is 0. The summed E-state index contributed by atoms with van der Waals surface area (Å²) in [7, 11) is 0. The summed E-state index contributed by atoms with van der Waals surface area (Å²) in [6.07, 6.45) is 5.85. The second-order valence-corrected chi connectivity index (χ2v) is 3.73. The summed E-state index contributed by atoms with van der Waals surface area (Å²) in [5.74, 6) is 1.08. The third-order valence-corrected chi connectivity index (χ3v) is 2.65. The van der Waals surface area contributed by atoms with Crippen molar-refractivity contribution in [3.05, 3.63) is 18.3 Å². The lowest BCUT2D eigenvalue weighted by molar-refractivity contribution is 0.126. The lowest BCUT2D eigenvalue weighted by Gasteiger charge is -2.26. The number of aromatic amines is 1. The maximum absolute atomic E-state index is 9.32. The van der Waals surface area contributed by atoms with Gasteiger partial charge in [0.2, 0.25) is 0 Å². The highest BCUT2D eigenvalue weighted by molar-refractivity contribution is 5.35. The largest absolute Gasteiger partial charge is 0.393 e. The molecule has 1 saturated carbocycles. The molecule has 0 amide bonds. The van der Waals surface area contributed by atoms with Crippen LogP contribution in [0.3, 0.4) is 0 Å². The van der Waals surface area contributed by atoms with Crippen LogP contribution in [0.2, 0.25) is 0 Å². The number of anilines is 1. The molecule has 0 saturated heterocycles. The molecule has 1 aliphatic rings. The Morgan fingerprint density at radius 1 is 1.31 bits per heavy atom. The van der Waals surface area contributed by atoms with E-state index < -0.39 is 0 Å². The summed E-state index contributed by atoms with van der Waals surface area (Å²) < 4.78 is 0. The van der Waals surface area contributed by atoms with Crippen molar-refractivity contribution in [3.63, 3.8) is 0 Å². The molecule has 13 heavy (non-hydrogen) atoms. The van der Waals surface area contributed by atoms with Crippen LogP contribution in [0.15, 0.2) is 18.3 Å². The smallest absolute Gasteiger partial charge is 0.103 e. The van der Waals surface area contributed by atoms with E-state index in [9.17, 15) is 5.11 Å². The van der Waals surface area contributed by atoms with Gasteiger partial charge in [0.1, 0.15) is 5.82 Å². The van der Waals surface area contributed by atoms with Crippen LogP contribution in [0.25, 0.3) is 0 Å². The minimum atomic E-state index is -0.0679. The Morgan fingerprint density at radius 2 is 2.08 bits per heavy atom. The maximum atomic E-state index is 9.32. The molecule has 1 aromatic heterocycles. The monoisotopic (exact) mass is 180 g/mol. The van der Waals surface area contributed by atoms with Crippen molar-refractivity contribution in [2.75, 3.05) is 5.32 Å². The molecule has 1 fully saturated rings. The minimum absolute atomic E-state index is 0.0679. The molecule has 0 spiro atoms. The van der Waals surface area contributed by atoms with E-state index in [1.807, 2.05) is 18.3 Å². The number of aliphatic hydroxyl groups is 1. The number of aromatic nitrogens is 1. The molecule has 0 aromatic carbocycles. The van der Waals surface area contributed by atoms with Gasteiger partial charge in [-0.1, -0.05) is 0 Å². The average molecular weight is 180 g/mol. The molecule has 3 N–H and O–H groups in total. The number of nitrogens with one attached hydrogen (secondary N) is 2. The Kier molecular flexibility index (Phi) is 2.54. The van der Waals surface area contributed by atoms with Crippen LogP contribution in [0, 0.1) is 0 Å². The summed E-state index contributed by atoms with van der Waals surface area (Å²) in [5, 5.41) is 12.7. The third-order valence-electron chi connectivity index (χ3n) is 2.65. The van der Waals surface area contributed by atoms with Gasteiger partial charge in [0.15, 0.2) is 0 Å². The van der Waals surface area contributed by atoms with E-state index in [4.69, 9.17) is 0 Å². The Bertz CT molecular complexity index is 237. The summed E-state index contributed by atoms with van der Waals surface area (Å²) in [5.41, 5.74) is 0. The third kappa shape index (κ3) is 2.25. The van der Waals surface area contributed by atoms with E-state index >= 15 is 0 Å². The van der Waals surface area contributed by atoms with E-state index in [1.165, 1.54) is 0 Å². The van der Waals surface area contributed by atoms with Gasteiger partial charge in [0, 0.05) is 12.2 Å². The first-order chi connectivity index (χ1) is 6.34. The van der Waals surface area contributed by atoms with E-state index in [-0.39, 0.29) is 6.10 Å². The second-order valence-electron chi connectivity index (χ2n) is 3.73. The molecule has 0 bridgehead atoms. The van der Waals surface area contributed by atoms with Crippen molar-refractivity contribution >= 4 is 5.82 Å². The van der Waals surface area contributed by atoms with Gasteiger partial charge in [-0.05, 0) is 37.8 Å². The predicted octanol–water partition coefficient (Wildman–Crippen LogP) is 1.73. The van der Waals surface area contributed by atoms with Gasteiger partial charge >= 0.3 is 0 Å². The molecule has 1 aliphatic carbocycles. The first-order valence-electron chi connectivity index (χ1n) is 4.92. The van der Waals surface area contributed by atoms with Crippen molar-refractivity contribution in [2.45, 2.75) is 37.8 Å². The first-order valence-corrected chi connectivity index (χ1v) is 4.92. The van der Waals surface area contributed by atoms with E-state index in [0.29, 0.717) is 6.04 Å². The van der Waals surface area contributed by atoms with Gasteiger partial charge < -0.3 is 15.4 Å². The molecule has 3 heteroatoms. The zero-order chi connectivity index (χ0) is 9.10. The van der Waals surface area contributed by atoms with Gasteiger partial charge in [-0.25, -0.2) is 0 Å². The van der Waals surface area contributed by atoms with Crippen molar-refractivity contribution in [2.24, 2.45) is 0 Å². The molecule has 0 unspecified atom stereocenters. The van der Waals surface area contributed by atoms with Crippen molar-refractivity contribution in [1.82, 2.24) is 4.98 Å². The number of H-pyrrole nitrogens is 1. The van der Waals surface area contributed by atoms with Crippen LogP contribution in [-0.2, 0) is 0 Å². The Labute approximate surface area is 78.2 Å². The van der Waals surface area contributed by atoms with Crippen molar-refractivity contribution < 1.29 is 5.11 Å². The quantitative estimate of drug-likeness (QED) is 0.649. The van der Waals surface area contributed by atoms with Crippen LogP contribution in [0.4, 0.5) is 5.82 Å². The summed E-state index contributed by atoms with van der Waals surface area (Å²) in [6, 6.07) is 4.55. The fourth-order valence-corrected chi connectivity index (χ4v) is 1.86. The number of rotatable bonds is 2. The standard InChI is InChI=1S/C10H16N2O/c13-9-5-3-8(4-6-9)12-10-2-1-7-11-10/h1-2,7-9,11-13H,3-6H2. The van der Waals surface area contributed by atoms with Crippen LogP contribution in [0.5, 0.6) is 0 Å². The van der Waals surface area contributed by atoms with Crippen LogP contribution in [0.1, 0.15) is 25.7 Å². The number of aliphatic hydroxyl groups excluding tert-OH is 1. The zero-order valence-corrected chi connectivity index (χ0v) is 7.66. The highest BCUT2D eigenvalue weighted by Gasteiger charge is 2.18. The molecule has 72 valence electrons. The van der Waals surface area contributed by atoms with Gasteiger partial charge in [0.05, 0.1) is 6.10 Å². The van der Waals surface area contributed by atoms with Crippen LogP contribution >= 0.6 is 0 Å². The molecule has 1 heterocycles. The topological polar surface area (TPSA) is 48.0 Å². The van der Waals surface area contributed by atoms with Crippen LogP contribution in [-0.4, -0.2) is 22.2 Å². The van der Waals surface area contributed by atoms with Gasteiger partial charge in [-0.15, -0.1) is 0 Å². The first kappa shape index (κ1) is 8.63. The maximum Gasteiger partial charge on any atom is 0.103 e. The molecule has 3 nitrogen and oxygen atoms in total. The predicted molar refractivity (Wildman–Crippen MR) is 52.7 cm³/mol. The van der Waals surface area contributed by atoms with E-state index in [1.54, 1.807) is 0 Å². The average Bonchev–Trinajstić information content (AvgIpc) is 2.62.